The fraction of sp³-hybridized carbons (Fsp3) is 0.308. The summed E-state index contributed by atoms with van der Waals surface area (Å²) in [6, 6.07) is 38.8. The van der Waals surface area contributed by atoms with Gasteiger partial charge in [0.25, 0.3) is 5.91 Å². The van der Waals surface area contributed by atoms with E-state index >= 15 is 0 Å². The summed E-state index contributed by atoms with van der Waals surface area (Å²) in [4.78, 5) is 58.3. The van der Waals surface area contributed by atoms with Crippen molar-refractivity contribution in [3.63, 3.8) is 0 Å². The van der Waals surface area contributed by atoms with E-state index in [0.717, 1.165) is 49.2 Å². The van der Waals surface area contributed by atoms with E-state index < -0.39 is 24.2 Å². The Bertz CT molecular complexity index is 2640. The van der Waals surface area contributed by atoms with Gasteiger partial charge in [0.2, 0.25) is 5.56 Å². The Kier molecular flexibility index (Phi) is 15.0. The Balaban J connectivity index is 0.815. The number of aromatic hydroxyl groups is 1. The number of pyridine rings is 1. The van der Waals surface area contributed by atoms with Crippen LogP contribution in [0.3, 0.4) is 0 Å². The highest BCUT2D eigenvalue weighted by Crippen LogP contribution is 2.31. The third kappa shape index (κ3) is 11.6. The van der Waals surface area contributed by atoms with Crippen molar-refractivity contribution in [2.24, 2.45) is 5.92 Å². The number of phenols is 1. The number of esters is 1. The van der Waals surface area contributed by atoms with Crippen LogP contribution in [0.1, 0.15) is 74.4 Å². The predicted octanol–water partition coefficient (Wildman–Crippen LogP) is 6.74. The normalized spacial score (nSPS) is 17.4. The molecule has 3 atom stereocenters. The molecule has 3 fully saturated rings. The molecule has 3 aliphatic rings. The second-order valence-corrected chi connectivity index (χ2v) is 16.8. The number of amides is 2. The lowest BCUT2D eigenvalue weighted by molar-refractivity contribution is -0.0336. The molecule has 9 rings (SSSR count). The molecule has 0 aliphatic carbocycles. The molecule has 342 valence electrons. The number of carbonyl (C=O) groups excluding carboxylic acids is 3. The molecule has 4 heterocycles. The molecule has 2 amide bonds. The summed E-state index contributed by atoms with van der Waals surface area (Å²) < 4.78 is 17.8. The number of aliphatic hydroxyl groups is 1. The molecule has 66 heavy (non-hydrogen) atoms. The lowest BCUT2D eigenvalue weighted by Gasteiger charge is -2.43. The summed E-state index contributed by atoms with van der Waals surface area (Å²) in [5.74, 6) is 0.228. The van der Waals surface area contributed by atoms with Gasteiger partial charge in [-0.25, -0.2) is 9.59 Å². The molecule has 1 aromatic heterocycles. The molecule has 2 bridgehead atoms. The predicted molar refractivity (Wildman–Crippen MR) is 249 cm³/mol. The Morgan fingerprint density at radius 3 is 2.30 bits per heavy atom. The van der Waals surface area contributed by atoms with Crippen LogP contribution in [0, 0.1) is 5.92 Å². The smallest absolute Gasteiger partial charge is 0.408 e. The van der Waals surface area contributed by atoms with E-state index in [9.17, 15) is 29.4 Å². The molecule has 0 saturated carbocycles. The minimum atomic E-state index is -0.917. The van der Waals surface area contributed by atoms with Gasteiger partial charge < -0.3 is 44.9 Å². The van der Waals surface area contributed by atoms with Gasteiger partial charge in [-0.15, -0.1) is 0 Å². The molecule has 5 N–H and O–H groups in total. The van der Waals surface area contributed by atoms with Gasteiger partial charge in [-0.2, -0.15) is 0 Å². The molecule has 0 spiro atoms. The van der Waals surface area contributed by atoms with Gasteiger partial charge in [0.1, 0.15) is 30.8 Å². The highest BCUT2D eigenvalue weighted by Gasteiger charge is 2.37. The number of rotatable bonds is 19. The van der Waals surface area contributed by atoms with Crippen LogP contribution in [-0.2, 0) is 16.1 Å². The van der Waals surface area contributed by atoms with Crippen molar-refractivity contribution in [2.75, 3.05) is 52.4 Å². The van der Waals surface area contributed by atoms with Gasteiger partial charge in [0, 0.05) is 36.7 Å². The SMILES string of the molecule is O=C(NC(c1ccccc1)c1cccc(OCc2ccc(C(=O)OCCN(CCCNC[C@H](O)c3ccc(O)c4[nH]c(=O)ccc34)C(=O)c3ccccc3)cc2)c1)O[C@H]1CN2CCC1CC2. The number of fused-ring (bicyclic) bond motifs is 4. The quantitative estimate of drug-likeness (QED) is 0.0429. The van der Waals surface area contributed by atoms with E-state index in [4.69, 9.17) is 14.2 Å². The van der Waals surface area contributed by atoms with Gasteiger partial charge in [-0.05, 0) is 116 Å². The standard InChI is InChI=1S/C52H55N5O9/c58-44-21-19-42(43-20-22-47(60)54-49(43)44)45(59)32-53-25-8-26-57(50(61)38-11-5-2-6-12-38)29-30-64-51(62)39-17-15-35(16-18-39)34-65-41-14-7-13-40(31-41)48(37-9-3-1-4-10-37)55-52(63)66-46-33-56-27-23-36(46)24-28-56/h1-7,9-22,31,36,45-46,48,53,58-59H,8,23-30,32-34H2,(H,54,60)(H,55,63)/t45-,46-,48?/m0/s1. The molecule has 3 aliphatic heterocycles. The van der Waals surface area contributed by atoms with E-state index in [0.29, 0.717) is 53.3 Å². The van der Waals surface area contributed by atoms with Crippen molar-refractivity contribution in [1.29, 1.82) is 0 Å². The number of piperidine rings is 3. The third-order valence-electron chi connectivity index (χ3n) is 12.3. The van der Waals surface area contributed by atoms with Crippen LogP contribution >= 0.6 is 0 Å². The summed E-state index contributed by atoms with van der Waals surface area (Å²) >= 11 is 0. The molecule has 6 aromatic rings. The van der Waals surface area contributed by atoms with Gasteiger partial charge in [-0.3, -0.25) is 14.5 Å². The number of phenolic OH excluding ortho intramolecular Hbond substituents is 1. The summed E-state index contributed by atoms with van der Waals surface area (Å²) in [6.45, 7) is 4.35. The number of carbonyl (C=O) groups is 3. The molecule has 14 heteroatoms. The molecular weight excluding hydrogens is 839 g/mol. The fourth-order valence-electron chi connectivity index (χ4n) is 8.73. The van der Waals surface area contributed by atoms with E-state index in [2.05, 4.69) is 20.5 Å². The summed E-state index contributed by atoms with van der Waals surface area (Å²) in [6.07, 6.45) is 1.20. The van der Waals surface area contributed by atoms with Crippen LogP contribution in [-0.4, -0.2) is 101 Å². The van der Waals surface area contributed by atoms with Gasteiger partial charge in [0.15, 0.2) is 0 Å². The number of alkyl carbamates (subject to hydrolysis) is 1. The number of nitrogens with zero attached hydrogens (tertiary/aromatic N) is 2. The summed E-state index contributed by atoms with van der Waals surface area (Å²) in [5.41, 5.74) is 3.94. The molecule has 5 aromatic carbocycles. The zero-order valence-electron chi connectivity index (χ0n) is 36.6. The van der Waals surface area contributed by atoms with Crippen LogP contribution in [0.2, 0.25) is 0 Å². The maximum Gasteiger partial charge on any atom is 0.408 e. The van der Waals surface area contributed by atoms with Crippen molar-refractivity contribution in [3.05, 3.63) is 177 Å². The van der Waals surface area contributed by atoms with E-state index in [-0.39, 0.29) is 55.1 Å². The number of benzene rings is 5. The lowest BCUT2D eigenvalue weighted by atomic mass is 9.86. The molecule has 3 saturated heterocycles. The Labute approximate surface area is 383 Å². The molecule has 0 radical (unpaired) electrons. The number of aromatic nitrogens is 1. The average Bonchev–Trinajstić information content (AvgIpc) is 3.35. The highest BCUT2D eigenvalue weighted by molar-refractivity contribution is 5.94. The lowest BCUT2D eigenvalue weighted by Crippen LogP contribution is -2.52. The van der Waals surface area contributed by atoms with Crippen molar-refractivity contribution in [2.45, 2.75) is 44.1 Å². The zero-order valence-corrected chi connectivity index (χ0v) is 36.6. The topological polar surface area (TPSA) is 183 Å². The Morgan fingerprint density at radius 2 is 1.56 bits per heavy atom. The highest BCUT2D eigenvalue weighted by atomic mass is 16.6. The molecular formula is C52H55N5O9. The zero-order chi connectivity index (χ0) is 45.8. The first-order chi connectivity index (χ1) is 32.2. The van der Waals surface area contributed by atoms with E-state index in [1.165, 1.54) is 12.1 Å². The van der Waals surface area contributed by atoms with E-state index in [1.807, 2.05) is 60.7 Å². The first-order valence-electron chi connectivity index (χ1n) is 22.5. The van der Waals surface area contributed by atoms with Crippen molar-refractivity contribution < 1.29 is 38.8 Å². The van der Waals surface area contributed by atoms with Crippen LogP contribution in [0.15, 0.2) is 138 Å². The number of aliphatic hydroxyl groups excluding tert-OH is 1. The van der Waals surface area contributed by atoms with Gasteiger partial charge in [0.05, 0.1) is 29.8 Å². The molecule has 1 unspecified atom stereocenters. The van der Waals surface area contributed by atoms with Crippen LogP contribution < -0.4 is 20.9 Å². The Morgan fingerprint density at radius 1 is 0.818 bits per heavy atom. The molecule has 14 nitrogen and oxygen atoms in total. The largest absolute Gasteiger partial charge is 0.506 e. The number of hydrogen-bond acceptors (Lipinski definition) is 11. The van der Waals surface area contributed by atoms with Crippen molar-refractivity contribution >= 4 is 28.9 Å². The second kappa shape index (κ2) is 21.8. The van der Waals surface area contributed by atoms with Crippen LogP contribution in [0.5, 0.6) is 11.5 Å². The third-order valence-corrected chi connectivity index (χ3v) is 12.3. The second-order valence-electron chi connectivity index (χ2n) is 16.8. The Hall–Kier alpha value is -7.00. The number of aromatic amines is 1. The monoisotopic (exact) mass is 893 g/mol. The maximum absolute atomic E-state index is 13.5. The number of H-pyrrole nitrogens is 1. The minimum Gasteiger partial charge on any atom is -0.506 e. The average molecular weight is 894 g/mol. The van der Waals surface area contributed by atoms with E-state index in [1.54, 1.807) is 65.6 Å². The fourth-order valence-corrected chi connectivity index (χ4v) is 8.73. The number of nitrogens with one attached hydrogen (secondary N) is 3. The van der Waals surface area contributed by atoms with Crippen LogP contribution in [0.25, 0.3) is 10.9 Å². The van der Waals surface area contributed by atoms with Gasteiger partial charge in [-0.1, -0.05) is 78.9 Å². The summed E-state index contributed by atoms with van der Waals surface area (Å²) in [7, 11) is 0. The van der Waals surface area contributed by atoms with Crippen molar-refractivity contribution in [3.8, 4) is 11.5 Å². The maximum atomic E-state index is 13.5. The number of ether oxygens (including phenoxy) is 3. The minimum absolute atomic E-state index is 0.0168. The van der Waals surface area contributed by atoms with Crippen LogP contribution in [0.4, 0.5) is 4.79 Å². The number of hydrogen-bond donors (Lipinski definition) is 5. The first-order valence-corrected chi connectivity index (χ1v) is 22.5. The first kappa shape index (κ1) is 45.6. The summed E-state index contributed by atoms with van der Waals surface area (Å²) in [5, 5.41) is 28.0. The van der Waals surface area contributed by atoms with Crippen molar-refractivity contribution in [1.82, 2.24) is 25.4 Å². The van der Waals surface area contributed by atoms with Gasteiger partial charge >= 0.3 is 12.1 Å².